The molecule has 0 saturated heterocycles. The number of thioether (sulfide) groups is 1. The molecule has 0 radical (unpaired) electrons. The highest BCUT2D eigenvalue weighted by Crippen LogP contribution is 2.12. The quantitative estimate of drug-likeness (QED) is 0.728. The fourth-order valence-electron chi connectivity index (χ4n) is 0.631. The maximum absolute atomic E-state index is 10.0. The van der Waals surface area contributed by atoms with E-state index in [0.717, 1.165) is 11.8 Å². The summed E-state index contributed by atoms with van der Waals surface area (Å²) in [5, 5.41) is 9.78. The van der Waals surface area contributed by atoms with Crippen LogP contribution in [-0.2, 0) is 10.5 Å². The molecule has 0 aliphatic heterocycles. The lowest BCUT2D eigenvalue weighted by molar-refractivity contribution is -0.131. The van der Waals surface area contributed by atoms with E-state index in [2.05, 4.69) is 0 Å². The van der Waals surface area contributed by atoms with Gasteiger partial charge < -0.3 is 9.52 Å². The van der Waals surface area contributed by atoms with Crippen LogP contribution in [0.4, 0.5) is 0 Å². The Morgan fingerprint density at radius 3 is 3.17 bits per heavy atom. The molecule has 0 spiro atoms. The Hall–Kier alpha value is -1.16. The van der Waals surface area contributed by atoms with Crippen LogP contribution >= 0.6 is 11.8 Å². The van der Waals surface area contributed by atoms with Crippen molar-refractivity contribution in [3.8, 4) is 0 Å². The van der Waals surface area contributed by atoms with Gasteiger partial charge in [0, 0.05) is 6.08 Å². The molecule has 0 saturated carbocycles. The van der Waals surface area contributed by atoms with Crippen LogP contribution in [0.1, 0.15) is 5.76 Å². The smallest absolute Gasteiger partial charge is 0.328 e. The predicted octanol–water partition coefficient (Wildman–Crippen LogP) is 2.11. The van der Waals surface area contributed by atoms with Crippen LogP contribution in [0, 0.1) is 0 Å². The molecule has 4 heteroatoms. The Bertz CT molecular complexity index is 264. The van der Waals surface area contributed by atoms with Gasteiger partial charge in [-0.15, -0.1) is 11.8 Å². The van der Waals surface area contributed by atoms with Gasteiger partial charge in [-0.1, -0.05) is 0 Å². The third kappa shape index (κ3) is 3.30. The van der Waals surface area contributed by atoms with Gasteiger partial charge in [-0.25, -0.2) is 4.79 Å². The molecule has 1 aromatic rings. The largest absolute Gasteiger partial charge is 0.478 e. The van der Waals surface area contributed by atoms with E-state index < -0.39 is 5.97 Å². The predicted molar refractivity (Wildman–Crippen MR) is 46.8 cm³/mol. The highest BCUT2D eigenvalue weighted by Gasteiger charge is 1.92. The third-order valence-corrected chi connectivity index (χ3v) is 1.89. The Morgan fingerprint density at radius 1 is 1.75 bits per heavy atom. The first-order valence-electron chi connectivity index (χ1n) is 3.32. The van der Waals surface area contributed by atoms with Gasteiger partial charge >= 0.3 is 5.97 Å². The lowest BCUT2D eigenvalue weighted by Crippen LogP contribution is -1.84. The van der Waals surface area contributed by atoms with E-state index in [1.807, 2.05) is 6.07 Å². The van der Waals surface area contributed by atoms with E-state index in [1.165, 1.54) is 17.2 Å². The molecule has 0 aliphatic carbocycles. The second-order valence-corrected chi connectivity index (χ2v) is 2.93. The van der Waals surface area contributed by atoms with Gasteiger partial charge in [-0.05, 0) is 17.5 Å². The number of carboxylic acids is 1. The monoisotopic (exact) mass is 184 g/mol. The molecular weight excluding hydrogens is 176 g/mol. The van der Waals surface area contributed by atoms with E-state index in [-0.39, 0.29) is 0 Å². The maximum Gasteiger partial charge on any atom is 0.328 e. The molecule has 64 valence electrons. The number of furan rings is 1. The van der Waals surface area contributed by atoms with Crippen molar-refractivity contribution >= 4 is 17.7 Å². The number of carbonyl (C=O) groups is 1. The highest BCUT2D eigenvalue weighted by molar-refractivity contribution is 8.01. The molecular formula is C8H8O3S. The van der Waals surface area contributed by atoms with Crippen molar-refractivity contribution in [1.82, 2.24) is 0 Å². The zero-order chi connectivity index (χ0) is 8.81. The minimum absolute atomic E-state index is 0.663. The van der Waals surface area contributed by atoms with Crippen molar-refractivity contribution in [2.45, 2.75) is 5.75 Å². The highest BCUT2D eigenvalue weighted by atomic mass is 32.2. The van der Waals surface area contributed by atoms with Gasteiger partial charge in [0.25, 0.3) is 0 Å². The normalized spacial score (nSPS) is 10.7. The average molecular weight is 184 g/mol. The van der Waals surface area contributed by atoms with E-state index in [1.54, 1.807) is 12.3 Å². The summed E-state index contributed by atoms with van der Waals surface area (Å²) in [5.41, 5.74) is 0. The van der Waals surface area contributed by atoms with Crippen LogP contribution < -0.4 is 0 Å². The van der Waals surface area contributed by atoms with Crippen molar-refractivity contribution in [2.24, 2.45) is 0 Å². The molecule has 0 amide bonds. The first-order chi connectivity index (χ1) is 5.79. The number of aliphatic carboxylic acids is 1. The maximum atomic E-state index is 10.0. The van der Waals surface area contributed by atoms with E-state index >= 15 is 0 Å². The van der Waals surface area contributed by atoms with Crippen LogP contribution in [0.3, 0.4) is 0 Å². The summed E-state index contributed by atoms with van der Waals surface area (Å²) in [6.07, 6.45) is 2.70. The van der Waals surface area contributed by atoms with E-state index in [4.69, 9.17) is 9.52 Å². The summed E-state index contributed by atoms with van der Waals surface area (Å²) in [4.78, 5) is 10.0. The molecule has 1 heterocycles. The Balaban J connectivity index is 2.23. The van der Waals surface area contributed by atoms with Gasteiger partial charge in [-0.2, -0.15) is 0 Å². The van der Waals surface area contributed by atoms with E-state index in [0.29, 0.717) is 5.75 Å². The Labute approximate surface area is 74.1 Å². The zero-order valence-corrected chi connectivity index (χ0v) is 7.08. The molecule has 0 aromatic carbocycles. The number of hydrogen-bond donors (Lipinski definition) is 1. The van der Waals surface area contributed by atoms with Crippen molar-refractivity contribution in [3.05, 3.63) is 35.6 Å². The standard InChI is InChI=1S/C8H8O3S/c9-8(10)3-5-12-6-7-2-1-4-11-7/h1-5H,6H2,(H,9,10). The third-order valence-electron chi connectivity index (χ3n) is 1.11. The van der Waals surface area contributed by atoms with Gasteiger partial charge in [-0.3, -0.25) is 0 Å². The summed E-state index contributed by atoms with van der Waals surface area (Å²) in [7, 11) is 0. The second kappa shape index (κ2) is 4.66. The topological polar surface area (TPSA) is 50.4 Å². The lowest BCUT2D eigenvalue weighted by Gasteiger charge is -1.88. The average Bonchev–Trinajstić information content (AvgIpc) is 2.49. The number of hydrogen-bond acceptors (Lipinski definition) is 3. The van der Waals surface area contributed by atoms with Gasteiger partial charge in [0.1, 0.15) is 5.76 Å². The van der Waals surface area contributed by atoms with Gasteiger partial charge in [0.2, 0.25) is 0 Å². The molecule has 1 rings (SSSR count). The Morgan fingerprint density at radius 2 is 2.58 bits per heavy atom. The van der Waals surface area contributed by atoms with Crippen molar-refractivity contribution < 1.29 is 14.3 Å². The first-order valence-corrected chi connectivity index (χ1v) is 4.37. The minimum Gasteiger partial charge on any atom is -0.478 e. The lowest BCUT2D eigenvalue weighted by atomic mass is 10.5. The molecule has 1 N–H and O–H groups in total. The van der Waals surface area contributed by atoms with Crippen molar-refractivity contribution in [3.63, 3.8) is 0 Å². The van der Waals surface area contributed by atoms with E-state index in [9.17, 15) is 4.79 Å². The summed E-state index contributed by atoms with van der Waals surface area (Å²) >= 11 is 1.38. The van der Waals surface area contributed by atoms with Crippen LogP contribution in [0.5, 0.6) is 0 Å². The second-order valence-electron chi connectivity index (χ2n) is 2.03. The molecule has 0 atom stereocenters. The molecule has 0 unspecified atom stereocenters. The zero-order valence-electron chi connectivity index (χ0n) is 6.27. The summed E-state index contributed by atoms with van der Waals surface area (Å²) in [6, 6.07) is 3.65. The minimum atomic E-state index is -0.929. The summed E-state index contributed by atoms with van der Waals surface area (Å²) in [5.74, 6) is 0.577. The van der Waals surface area contributed by atoms with Gasteiger partial charge in [0.05, 0.1) is 12.0 Å². The fraction of sp³-hybridized carbons (Fsp3) is 0.125. The van der Waals surface area contributed by atoms with Gasteiger partial charge in [0.15, 0.2) is 0 Å². The summed E-state index contributed by atoms with van der Waals surface area (Å²) < 4.78 is 5.04. The van der Waals surface area contributed by atoms with Crippen LogP contribution in [0.2, 0.25) is 0 Å². The van der Waals surface area contributed by atoms with Crippen molar-refractivity contribution in [1.29, 1.82) is 0 Å². The fourth-order valence-corrected chi connectivity index (χ4v) is 1.27. The Kier molecular flexibility index (Phi) is 3.47. The SMILES string of the molecule is O=C(O)C=CSCc1ccco1. The molecule has 0 aliphatic rings. The summed E-state index contributed by atoms with van der Waals surface area (Å²) in [6.45, 7) is 0. The van der Waals surface area contributed by atoms with Crippen LogP contribution in [0.25, 0.3) is 0 Å². The molecule has 3 nitrogen and oxygen atoms in total. The number of rotatable bonds is 4. The molecule has 12 heavy (non-hydrogen) atoms. The first kappa shape index (κ1) is 8.93. The van der Waals surface area contributed by atoms with Crippen LogP contribution in [0.15, 0.2) is 34.3 Å². The molecule has 0 fully saturated rings. The van der Waals surface area contributed by atoms with Crippen molar-refractivity contribution in [2.75, 3.05) is 0 Å². The number of carboxylic acid groups (broad SMARTS) is 1. The molecule has 1 aromatic heterocycles. The van der Waals surface area contributed by atoms with Crippen LogP contribution in [-0.4, -0.2) is 11.1 Å². The molecule has 0 bridgehead atoms.